The summed E-state index contributed by atoms with van der Waals surface area (Å²) in [4.78, 5) is 11.5. The van der Waals surface area contributed by atoms with Crippen LogP contribution in [0.5, 0.6) is 0 Å². The summed E-state index contributed by atoms with van der Waals surface area (Å²) in [6, 6.07) is 0. The van der Waals surface area contributed by atoms with Gasteiger partial charge >= 0.3 is 0 Å². The third-order valence-electron chi connectivity index (χ3n) is 2.28. The Balaban J connectivity index is 3.48. The summed E-state index contributed by atoms with van der Waals surface area (Å²) in [6.45, 7) is 7.58. The number of hydrogen-bond acceptors (Lipinski definition) is 2. The summed E-state index contributed by atoms with van der Waals surface area (Å²) in [5, 5.41) is 0. The highest BCUT2D eigenvalue weighted by atomic mass is 16.5. The van der Waals surface area contributed by atoms with Crippen molar-refractivity contribution in [3.63, 3.8) is 0 Å². The molecule has 0 unspecified atom stereocenters. The van der Waals surface area contributed by atoms with Gasteiger partial charge in [0.05, 0.1) is 6.61 Å². The largest absolute Gasteiger partial charge is 0.381 e. The van der Waals surface area contributed by atoms with Crippen LogP contribution in [0.2, 0.25) is 0 Å². The fourth-order valence-electron chi connectivity index (χ4n) is 1.37. The second-order valence-electron chi connectivity index (χ2n) is 3.34. The molecule has 0 aromatic rings. The van der Waals surface area contributed by atoms with E-state index in [2.05, 4.69) is 20.8 Å². The van der Waals surface area contributed by atoms with Gasteiger partial charge in [0.1, 0.15) is 5.78 Å². The quantitative estimate of drug-likeness (QED) is 0.545. The molecule has 0 atom stereocenters. The van der Waals surface area contributed by atoms with Crippen molar-refractivity contribution in [2.75, 3.05) is 13.2 Å². The van der Waals surface area contributed by atoms with Crippen LogP contribution in [0.1, 0.15) is 46.5 Å². The number of ketones is 1. The molecule has 0 fully saturated rings. The lowest BCUT2D eigenvalue weighted by Crippen LogP contribution is -2.15. The zero-order valence-electron chi connectivity index (χ0n) is 9.14. The van der Waals surface area contributed by atoms with Gasteiger partial charge in [-0.25, -0.2) is 0 Å². The van der Waals surface area contributed by atoms with Crippen LogP contribution in [0, 0.1) is 5.92 Å². The number of hydrogen-bond donors (Lipinski definition) is 0. The maximum absolute atomic E-state index is 11.5. The SMILES string of the molecule is CCCOCCC(=O)C(CC)CC. The second kappa shape index (κ2) is 8.24. The highest BCUT2D eigenvalue weighted by Gasteiger charge is 2.12. The predicted octanol–water partition coefficient (Wildman–Crippen LogP) is 2.81. The fraction of sp³-hybridized carbons (Fsp3) is 0.909. The van der Waals surface area contributed by atoms with E-state index in [-0.39, 0.29) is 5.92 Å². The summed E-state index contributed by atoms with van der Waals surface area (Å²) in [7, 11) is 0. The Labute approximate surface area is 81.7 Å². The van der Waals surface area contributed by atoms with Crippen molar-refractivity contribution >= 4 is 5.78 Å². The molecule has 0 radical (unpaired) electrons. The van der Waals surface area contributed by atoms with Gasteiger partial charge in [0.25, 0.3) is 0 Å². The first-order valence-corrected chi connectivity index (χ1v) is 5.36. The van der Waals surface area contributed by atoms with Gasteiger partial charge in [-0.15, -0.1) is 0 Å². The van der Waals surface area contributed by atoms with Crippen LogP contribution in [-0.4, -0.2) is 19.0 Å². The molecule has 0 amide bonds. The van der Waals surface area contributed by atoms with E-state index >= 15 is 0 Å². The lowest BCUT2D eigenvalue weighted by atomic mass is 9.96. The van der Waals surface area contributed by atoms with Gasteiger partial charge < -0.3 is 4.74 Å². The zero-order valence-corrected chi connectivity index (χ0v) is 9.14. The van der Waals surface area contributed by atoms with Gasteiger partial charge in [-0.3, -0.25) is 4.79 Å². The molecule has 0 aromatic heterocycles. The first kappa shape index (κ1) is 12.6. The molecule has 0 N–H and O–H groups in total. The molecule has 0 aliphatic heterocycles. The summed E-state index contributed by atoms with van der Waals surface area (Å²) < 4.78 is 5.27. The Morgan fingerprint density at radius 2 is 1.77 bits per heavy atom. The van der Waals surface area contributed by atoms with Crippen LogP contribution in [0.25, 0.3) is 0 Å². The third kappa shape index (κ3) is 5.81. The molecule has 0 heterocycles. The van der Waals surface area contributed by atoms with Crippen LogP contribution in [0.3, 0.4) is 0 Å². The normalized spacial score (nSPS) is 10.8. The number of carbonyl (C=O) groups excluding carboxylic acids is 1. The number of carbonyl (C=O) groups is 1. The van der Waals surface area contributed by atoms with Crippen molar-refractivity contribution in [3.05, 3.63) is 0 Å². The molecule has 78 valence electrons. The molecule has 0 saturated heterocycles. The smallest absolute Gasteiger partial charge is 0.138 e. The average Bonchev–Trinajstić information content (AvgIpc) is 2.14. The zero-order chi connectivity index (χ0) is 10.1. The lowest BCUT2D eigenvalue weighted by Gasteiger charge is -2.10. The van der Waals surface area contributed by atoms with E-state index in [0.717, 1.165) is 25.9 Å². The van der Waals surface area contributed by atoms with Crippen LogP contribution in [-0.2, 0) is 9.53 Å². The Morgan fingerprint density at radius 3 is 2.23 bits per heavy atom. The van der Waals surface area contributed by atoms with Gasteiger partial charge in [-0.05, 0) is 19.3 Å². The minimum Gasteiger partial charge on any atom is -0.381 e. The Bertz CT molecular complexity index is 128. The standard InChI is InChI=1S/C11H22O2/c1-4-8-13-9-7-11(12)10(5-2)6-3/h10H,4-9H2,1-3H3. The molecule has 0 spiro atoms. The van der Waals surface area contributed by atoms with Gasteiger partial charge in [0, 0.05) is 18.9 Å². The molecule has 2 heteroatoms. The average molecular weight is 186 g/mol. The highest BCUT2D eigenvalue weighted by molar-refractivity contribution is 5.80. The molecule has 0 aromatic carbocycles. The molecule has 0 rings (SSSR count). The fourth-order valence-corrected chi connectivity index (χ4v) is 1.37. The van der Waals surface area contributed by atoms with Gasteiger partial charge in [0.2, 0.25) is 0 Å². The number of ether oxygens (including phenoxy) is 1. The van der Waals surface area contributed by atoms with Crippen LogP contribution in [0.4, 0.5) is 0 Å². The summed E-state index contributed by atoms with van der Waals surface area (Å²) >= 11 is 0. The topological polar surface area (TPSA) is 26.3 Å². The van der Waals surface area contributed by atoms with Crippen LogP contribution in [0.15, 0.2) is 0 Å². The Hall–Kier alpha value is -0.370. The molecule has 0 aliphatic carbocycles. The van der Waals surface area contributed by atoms with E-state index in [4.69, 9.17) is 4.74 Å². The van der Waals surface area contributed by atoms with Crippen LogP contribution >= 0.6 is 0 Å². The highest BCUT2D eigenvalue weighted by Crippen LogP contribution is 2.10. The van der Waals surface area contributed by atoms with Crippen molar-refractivity contribution in [1.82, 2.24) is 0 Å². The molecular weight excluding hydrogens is 164 g/mol. The van der Waals surface area contributed by atoms with E-state index in [1.165, 1.54) is 0 Å². The minimum atomic E-state index is 0.255. The van der Waals surface area contributed by atoms with E-state index < -0.39 is 0 Å². The Kier molecular flexibility index (Phi) is 8.00. The minimum absolute atomic E-state index is 0.255. The van der Waals surface area contributed by atoms with Gasteiger partial charge in [0.15, 0.2) is 0 Å². The van der Waals surface area contributed by atoms with Crippen molar-refractivity contribution in [1.29, 1.82) is 0 Å². The summed E-state index contributed by atoms with van der Waals surface area (Å²) in [5.74, 6) is 0.617. The Morgan fingerprint density at radius 1 is 1.15 bits per heavy atom. The van der Waals surface area contributed by atoms with Crippen LogP contribution < -0.4 is 0 Å². The van der Waals surface area contributed by atoms with Crippen molar-refractivity contribution in [2.45, 2.75) is 46.5 Å². The van der Waals surface area contributed by atoms with E-state index in [1.54, 1.807) is 0 Å². The maximum atomic E-state index is 11.5. The molecule has 13 heavy (non-hydrogen) atoms. The van der Waals surface area contributed by atoms with E-state index in [1.807, 2.05) is 0 Å². The molecule has 0 bridgehead atoms. The number of Topliss-reactive ketones (excluding diaryl/α,β-unsaturated/α-hetero) is 1. The molecule has 2 nitrogen and oxygen atoms in total. The predicted molar refractivity (Wildman–Crippen MR) is 54.8 cm³/mol. The van der Waals surface area contributed by atoms with Crippen molar-refractivity contribution < 1.29 is 9.53 Å². The van der Waals surface area contributed by atoms with E-state index in [9.17, 15) is 4.79 Å². The molecular formula is C11H22O2. The van der Waals surface area contributed by atoms with Gasteiger partial charge in [-0.2, -0.15) is 0 Å². The molecule has 0 aliphatic rings. The molecule has 0 saturated carbocycles. The van der Waals surface area contributed by atoms with Crippen molar-refractivity contribution in [3.8, 4) is 0 Å². The summed E-state index contributed by atoms with van der Waals surface area (Å²) in [5.41, 5.74) is 0. The first-order valence-electron chi connectivity index (χ1n) is 5.36. The third-order valence-corrected chi connectivity index (χ3v) is 2.28. The summed E-state index contributed by atoms with van der Waals surface area (Å²) in [6.07, 6.45) is 3.54. The number of rotatable bonds is 8. The van der Waals surface area contributed by atoms with Crippen molar-refractivity contribution in [2.24, 2.45) is 5.92 Å². The first-order chi connectivity index (χ1) is 6.26. The van der Waals surface area contributed by atoms with Gasteiger partial charge in [-0.1, -0.05) is 20.8 Å². The van der Waals surface area contributed by atoms with E-state index in [0.29, 0.717) is 18.8 Å². The second-order valence-corrected chi connectivity index (χ2v) is 3.34. The maximum Gasteiger partial charge on any atom is 0.138 e. The monoisotopic (exact) mass is 186 g/mol. The lowest BCUT2D eigenvalue weighted by molar-refractivity contribution is -0.124.